The first kappa shape index (κ1) is 16.7. The van der Waals surface area contributed by atoms with Crippen LogP contribution in [0.5, 0.6) is 0 Å². The van der Waals surface area contributed by atoms with Gasteiger partial charge in [0.25, 0.3) is 0 Å². The van der Waals surface area contributed by atoms with Crippen LogP contribution in [0.25, 0.3) is 0 Å². The minimum absolute atomic E-state index is 0.405. The largest absolute Gasteiger partial charge is 0.479 e. The minimum atomic E-state index is -0.960. The molecule has 2 aromatic rings. The molecule has 0 radical (unpaired) electrons. The zero-order valence-corrected chi connectivity index (χ0v) is 13.9. The summed E-state index contributed by atoms with van der Waals surface area (Å²) in [5, 5.41) is 13.5. The molecule has 0 saturated carbocycles. The molecule has 0 aliphatic heterocycles. The molecule has 2 N–H and O–H groups in total. The van der Waals surface area contributed by atoms with E-state index < -0.39 is 12.0 Å². The second kappa shape index (κ2) is 7.03. The van der Waals surface area contributed by atoms with Gasteiger partial charge in [0.15, 0.2) is 6.04 Å². The van der Waals surface area contributed by atoms with Crippen LogP contribution in [-0.2, 0) is 11.2 Å². The SMILES string of the molecule is CCc1cccc(C(Nc2c(C)cc(Cl)cc2Cl)C(=O)O)c1. The van der Waals surface area contributed by atoms with Crippen molar-refractivity contribution in [2.45, 2.75) is 26.3 Å². The Kier molecular flexibility index (Phi) is 5.33. The van der Waals surface area contributed by atoms with Crippen molar-refractivity contribution >= 4 is 34.9 Å². The van der Waals surface area contributed by atoms with Gasteiger partial charge in [-0.15, -0.1) is 0 Å². The Morgan fingerprint density at radius 2 is 2.00 bits per heavy atom. The first-order chi connectivity index (χ1) is 10.4. The molecule has 2 aromatic carbocycles. The second-order valence-electron chi connectivity index (χ2n) is 5.09. The number of rotatable bonds is 5. The van der Waals surface area contributed by atoms with Gasteiger partial charge < -0.3 is 10.4 Å². The van der Waals surface area contributed by atoms with Crippen LogP contribution in [0.2, 0.25) is 10.0 Å². The van der Waals surface area contributed by atoms with Crippen molar-refractivity contribution in [1.82, 2.24) is 0 Å². The number of hydrogen-bond donors (Lipinski definition) is 2. The highest BCUT2D eigenvalue weighted by Gasteiger charge is 2.22. The maximum Gasteiger partial charge on any atom is 0.330 e. The predicted molar refractivity (Wildman–Crippen MR) is 91.0 cm³/mol. The standard InChI is InChI=1S/C17H17Cl2NO2/c1-3-11-5-4-6-12(8-11)16(17(21)22)20-15-10(2)7-13(18)9-14(15)19/h4-9,16,20H,3H2,1-2H3,(H,21,22). The molecule has 0 aliphatic carbocycles. The van der Waals surface area contributed by atoms with Gasteiger partial charge in [-0.1, -0.05) is 54.4 Å². The van der Waals surface area contributed by atoms with Crippen LogP contribution in [0, 0.1) is 6.92 Å². The Balaban J connectivity index is 2.40. The van der Waals surface area contributed by atoms with Gasteiger partial charge >= 0.3 is 5.97 Å². The summed E-state index contributed by atoms with van der Waals surface area (Å²) in [5.74, 6) is -0.960. The maximum atomic E-state index is 11.7. The van der Waals surface area contributed by atoms with Gasteiger partial charge in [-0.2, -0.15) is 0 Å². The van der Waals surface area contributed by atoms with Crippen molar-refractivity contribution in [2.75, 3.05) is 5.32 Å². The van der Waals surface area contributed by atoms with E-state index in [0.29, 0.717) is 21.3 Å². The van der Waals surface area contributed by atoms with Gasteiger partial charge in [0.2, 0.25) is 0 Å². The predicted octanol–water partition coefficient (Wildman–Crippen LogP) is 5.10. The van der Waals surface area contributed by atoms with Crippen molar-refractivity contribution in [3.05, 3.63) is 63.1 Å². The number of carboxylic acids is 1. The summed E-state index contributed by atoms with van der Waals surface area (Å²) >= 11 is 12.1. The maximum absolute atomic E-state index is 11.7. The fourth-order valence-electron chi connectivity index (χ4n) is 2.31. The lowest BCUT2D eigenvalue weighted by atomic mass is 10.0. The third-order valence-electron chi connectivity index (χ3n) is 3.48. The van der Waals surface area contributed by atoms with Crippen molar-refractivity contribution in [3.8, 4) is 0 Å². The van der Waals surface area contributed by atoms with Crippen LogP contribution in [0.3, 0.4) is 0 Å². The molecule has 1 unspecified atom stereocenters. The first-order valence-electron chi connectivity index (χ1n) is 6.96. The van der Waals surface area contributed by atoms with E-state index in [2.05, 4.69) is 5.32 Å². The lowest BCUT2D eigenvalue weighted by Crippen LogP contribution is -2.21. The molecule has 2 rings (SSSR count). The average Bonchev–Trinajstić information content (AvgIpc) is 2.46. The lowest BCUT2D eigenvalue weighted by molar-refractivity contribution is -0.138. The molecule has 0 spiro atoms. The fourth-order valence-corrected chi connectivity index (χ4v) is 2.96. The molecule has 5 heteroatoms. The Labute approximate surface area is 139 Å². The summed E-state index contributed by atoms with van der Waals surface area (Å²) in [4.78, 5) is 11.7. The van der Waals surface area contributed by atoms with Crippen LogP contribution in [0.4, 0.5) is 5.69 Å². The molecule has 0 saturated heterocycles. The van der Waals surface area contributed by atoms with E-state index >= 15 is 0 Å². The molecule has 0 bridgehead atoms. The topological polar surface area (TPSA) is 49.3 Å². The summed E-state index contributed by atoms with van der Waals surface area (Å²) in [7, 11) is 0. The smallest absolute Gasteiger partial charge is 0.330 e. The molecule has 3 nitrogen and oxygen atoms in total. The third kappa shape index (κ3) is 3.73. The third-order valence-corrected chi connectivity index (χ3v) is 4.00. The monoisotopic (exact) mass is 337 g/mol. The molecule has 0 amide bonds. The lowest BCUT2D eigenvalue weighted by Gasteiger charge is -2.19. The van der Waals surface area contributed by atoms with E-state index in [9.17, 15) is 9.90 Å². The molecule has 0 fully saturated rings. The Hall–Kier alpha value is -1.71. The number of halogens is 2. The van der Waals surface area contributed by atoms with Crippen LogP contribution in [-0.4, -0.2) is 11.1 Å². The zero-order chi connectivity index (χ0) is 16.3. The molecular formula is C17H17Cl2NO2. The number of hydrogen-bond acceptors (Lipinski definition) is 2. The van der Waals surface area contributed by atoms with Gasteiger partial charge in [-0.3, -0.25) is 0 Å². The molecule has 0 aliphatic rings. The van der Waals surface area contributed by atoms with Gasteiger partial charge in [0.05, 0.1) is 10.7 Å². The number of carboxylic acid groups (broad SMARTS) is 1. The van der Waals surface area contributed by atoms with Crippen molar-refractivity contribution in [3.63, 3.8) is 0 Å². The highest BCUT2D eigenvalue weighted by molar-refractivity contribution is 6.36. The Morgan fingerprint density at radius 3 is 2.59 bits per heavy atom. The van der Waals surface area contributed by atoms with Crippen molar-refractivity contribution < 1.29 is 9.90 Å². The summed E-state index contributed by atoms with van der Waals surface area (Å²) in [6.45, 7) is 3.87. The normalized spacial score (nSPS) is 12.0. The fraction of sp³-hybridized carbons (Fsp3) is 0.235. The number of anilines is 1. The van der Waals surface area contributed by atoms with E-state index in [1.54, 1.807) is 18.2 Å². The second-order valence-corrected chi connectivity index (χ2v) is 5.94. The molecule has 116 valence electrons. The molecular weight excluding hydrogens is 321 g/mol. The van der Waals surface area contributed by atoms with E-state index in [4.69, 9.17) is 23.2 Å². The number of aliphatic carboxylic acids is 1. The Bertz CT molecular complexity index is 678. The number of aryl methyl sites for hydroxylation is 2. The van der Waals surface area contributed by atoms with Gasteiger partial charge in [0, 0.05) is 5.02 Å². The van der Waals surface area contributed by atoms with Gasteiger partial charge in [0.1, 0.15) is 0 Å². The molecule has 22 heavy (non-hydrogen) atoms. The van der Waals surface area contributed by atoms with Gasteiger partial charge in [-0.05, 0) is 42.2 Å². The molecule has 0 heterocycles. The first-order valence-corrected chi connectivity index (χ1v) is 7.71. The van der Waals surface area contributed by atoms with E-state index in [1.807, 2.05) is 32.0 Å². The quantitative estimate of drug-likeness (QED) is 0.797. The van der Waals surface area contributed by atoms with E-state index in [-0.39, 0.29) is 0 Å². The van der Waals surface area contributed by atoms with E-state index in [0.717, 1.165) is 17.5 Å². The van der Waals surface area contributed by atoms with Crippen LogP contribution in [0.15, 0.2) is 36.4 Å². The van der Waals surface area contributed by atoms with Crippen LogP contribution < -0.4 is 5.32 Å². The summed E-state index contributed by atoms with van der Waals surface area (Å²) in [6.07, 6.45) is 0.848. The average molecular weight is 338 g/mol. The van der Waals surface area contributed by atoms with Crippen LogP contribution >= 0.6 is 23.2 Å². The van der Waals surface area contributed by atoms with E-state index in [1.165, 1.54) is 0 Å². The molecule has 0 aromatic heterocycles. The van der Waals surface area contributed by atoms with Crippen molar-refractivity contribution in [2.24, 2.45) is 0 Å². The highest BCUT2D eigenvalue weighted by Crippen LogP contribution is 2.32. The van der Waals surface area contributed by atoms with Gasteiger partial charge in [-0.25, -0.2) is 4.79 Å². The summed E-state index contributed by atoms with van der Waals surface area (Å²) in [6, 6.07) is 10.0. The number of nitrogens with one attached hydrogen (secondary N) is 1. The zero-order valence-electron chi connectivity index (χ0n) is 12.4. The van der Waals surface area contributed by atoms with Crippen LogP contribution in [0.1, 0.15) is 29.7 Å². The number of carbonyl (C=O) groups is 1. The number of benzene rings is 2. The highest BCUT2D eigenvalue weighted by atomic mass is 35.5. The minimum Gasteiger partial charge on any atom is -0.479 e. The molecule has 1 atom stereocenters. The summed E-state index contributed by atoms with van der Waals surface area (Å²) in [5.41, 5.74) is 3.16. The van der Waals surface area contributed by atoms with Crippen molar-refractivity contribution in [1.29, 1.82) is 0 Å². The summed E-state index contributed by atoms with van der Waals surface area (Å²) < 4.78 is 0. The Morgan fingerprint density at radius 1 is 1.27 bits per heavy atom.